The highest BCUT2D eigenvalue weighted by molar-refractivity contribution is 5.82. The molecule has 0 radical (unpaired) electrons. The molecule has 4 heteroatoms. The van der Waals surface area contributed by atoms with E-state index in [1.807, 2.05) is 54.7 Å². The lowest BCUT2D eigenvalue weighted by atomic mass is 10.00. The Labute approximate surface area is 121 Å². The SMILES string of the molecule is OC(c1cccc2cccnc12)c1cnn2ccccc12. The average Bonchev–Trinajstić information content (AvgIpc) is 2.98. The van der Waals surface area contributed by atoms with Crippen LogP contribution in [0.2, 0.25) is 0 Å². The van der Waals surface area contributed by atoms with Crippen molar-refractivity contribution in [2.45, 2.75) is 6.10 Å². The van der Waals surface area contributed by atoms with Gasteiger partial charge in [-0.05, 0) is 18.2 Å². The van der Waals surface area contributed by atoms with Gasteiger partial charge in [-0.1, -0.05) is 30.3 Å². The van der Waals surface area contributed by atoms with Crippen molar-refractivity contribution < 1.29 is 5.11 Å². The summed E-state index contributed by atoms with van der Waals surface area (Å²) in [5.41, 5.74) is 3.31. The molecule has 0 bridgehead atoms. The maximum absolute atomic E-state index is 10.8. The first-order valence-corrected chi connectivity index (χ1v) is 6.78. The first kappa shape index (κ1) is 12.1. The summed E-state index contributed by atoms with van der Waals surface area (Å²) in [5, 5.41) is 16.1. The molecule has 0 fully saturated rings. The van der Waals surface area contributed by atoms with Crippen molar-refractivity contribution in [2.24, 2.45) is 0 Å². The van der Waals surface area contributed by atoms with Crippen molar-refractivity contribution in [1.29, 1.82) is 0 Å². The quantitative estimate of drug-likeness (QED) is 0.612. The van der Waals surface area contributed by atoms with Crippen molar-refractivity contribution in [3.8, 4) is 0 Å². The molecule has 1 aromatic carbocycles. The maximum Gasteiger partial charge on any atom is 0.110 e. The number of hydrogen-bond donors (Lipinski definition) is 1. The van der Waals surface area contributed by atoms with Gasteiger partial charge >= 0.3 is 0 Å². The summed E-state index contributed by atoms with van der Waals surface area (Å²) in [4.78, 5) is 4.40. The van der Waals surface area contributed by atoms with Crippen molar-refractivity contribution in [3.63, 3.8) is 0 Å². The molecule has 1 atom stereocenters. The molecule has 0 aliphatic carbocycles. The molecule has 4 nitrogen and oxygen atoms in total. The van der Waals surface area contributed by atoms with Crippen molar-refractivity contribution >= 4 is 16.4 Å². The summed E-state index contributed by atoms with van der Waals surface area (Å²) >= 11 is 0. The van der Waals surface area contributed by atoms with Crippen LogP contribution in [0.15, 0.2) is 67.1 Å². The van der Waals surface area contributed by atoms with Crippen molar-refractivity contribution in [3.05, 3.63) is 78.2 Å². The van der Waals surface area contributed by atoms with Gasteiger partial charge < -0.3 is 5.11 Å². The number of aromatic nitrogens is 3. The zero-order valence-corrected chi connectivity index (χ0v) is 11.2. The third-order valence-corrected chi connectivity index (χ3v) is 3.71. The minimum Gasteiger partial charge on any atom is -0.383 e. The monoisotopic (exact) mass is 275 g/mol. The Bertz CT molecular complexity index is 924. The van der Waals surface area contributed by atoms with E-state index < -0.39 is 6.10 Å². The number of aliphatic hydroxyl groups is 1. The number of aliphatic hydroxyl groups excluding tert-OH is 1. The molecular formula is C17H13N3O. The van der Waals surface area contributed by atoms with Crippen LogP contribution in [0.4, 0.5) is 0 Å². The number of benzene rings is 1. The molecule has 102 valence electrons. The summed E-state index contributed by atoms with van der Waals surface area (Å²) in [5.74, 6) is 0. The van der Waals surface area contributed by atoms with Crippen molar-refractivity contribution in [1.82, 2.24) is 14.6 Å². The van der Waals surface area contributed by atoms with Gasteiger partial charge in [-0.2, -0.15) is 5.10 Å². The van der Waals surface area contributed by atoms with Gasteiger partial charge in [-0.15, -0.1) is 0 Å². The summed E-state index contributed by atoms with van der Waals surface area (Å²) in [6, 6.07) is 15.5. The van der Waals surface area contributed by atoms with Crippen LogP contribution in [0, 0.1) is 0 Å². The standard InChI is InChI=1S/C17H13N3O/c21-17(14-11-19-20-10-2-1-8-15(14)20)13-7-3-5-12-6-4-9-18-16(12)13/h1-11,17,21H. The number of fused-ring (bicyclic) bond motifs is 2. The van der Waals surface area contributed by atoms with Crippen LogP contribution in [-0.4, -0.2) is 19.7 Å². The van der Waals surface area contributed by atoms with Crippen molar-refractivity contribution in [2.75, 3.05) is 0 Å². The van der Waals surface area contributed by atoms with Gasteiger partial charge in [0.2, 0.25) is 0 Å². The second kappa shape index (κ2) is 4.68. The largest absolute Gasteiger partial charge is 0.383 e. The van der Waals surface area contributed by atoms with E-state index in [2.05, 4.69) is 10.1 Å². The Kier molecular flexibility index (Phi) is 2.69. The Morgan fingerprint density at radius 2 is 1.86 bits per heavy atom. The minimum atomic E-state index is -0.747. The Morgan fingerprint density at radius 3 is 2.81 bits per heavy atom. The van der Waals surface area contributed by atoms with E-state index in [4.69, 9.17) is 0 Å². The molecule has 21 heavy (non-hydrogen) atoms. The lowest BCUT2D eigenvalue weighted by Gasteiger charge is -2.12. The van der Waals surface area contributed by atoms with Crippen LogP contribution in [0.5, 0.6) is 0 Å². The molecule has 4 rings (SSSR count). The average molecular weight is 275 g/mol. The lowest BCUT2D eigenvalue weighted by molar-refractivity contribution is 0.223. The highest BCUT2D eigenvalue weighted by atomic mass is 16.3. The highest BCUT2D eigenvalue weighted by Gasteiger charge is 2.18. The fourth-order valence-corrected chi connectivity index (χ4v) is 2.68. The van der Waals surface area contributed by atoms with Gasteiger partial charge in [0.25, 0.3) is 0 Å². The predicted molar refractivity (Wildman–Crippen MR) is 81.0 cm³/mol. The van der Waals surface area contributed by atoms with Crippen LogP contribution < -0.4 is 0 Å². The molecule has 4 aromatic rings. The predicted octanol–water partition coefficient (Wildman–Crippen LogP) is 2.96. The van der Waals surface area contributed by atoms with Gasteiger partial charge in [0, 0.05) is 28.9 Å². The number of pyridine rings is 2. The van der Waals surface area contributed by atoms with Crippen LogP contribution in [0.25, 0.3) is 16.4 Å². The third kappa shape index (κ3) is 1.88. The molecule has 0 saturated heterocycles. The van der Waals surface area contributed by atoms with Gasteiger partial charge in [0.15, 0.2) is 0 Å². The number of hydrogen-bond acceptors (Lipinski definition) is 3. The second-order valence-electron chi connectivity index (χ2n) is 4.96. The summed E-state index contributed by atoms with van der Waals surface area (Å²) in [6.07, 6.45) is 4.58. The van der Waals surface area contributed by atoms with E-state index >= 15 is 0 Å². The number of para-hydroxylation sites is 1. The van der Waals surface area contributed by atoms with E-state index in [0.717, 1.165) is 27.5 Å². The van der Waals surface area contributed by atoms with Crippen LogP contribution in [-0.2, 0) is 0 Å². The molecule has 0 aliphatic rings. The molecule has 0 aliphatic heterocycles. The van der Waals surface area contributed by atoms with Gasteiger partial charge in [-0.25, -0.2) is 4.52 Å². The number of nitrogens with zero attached hydrogens (tertiary/aromatic N) is 3. The van der Waals surface area contributed by atoms with E-state index in [-0.39, 0.29) is 0 Å². The highest BCUT2D eigenvalue weighted by Crippen LogP contribution is 2.29. The first-order valence-electron chi connectivity index (χ1n) is 6.78. The van der Waals surface area contributed by atoms with Gasteiger partial charge in [-0.3, -0.25) is 4.98 Å². The maximum atomic E-state index is 10.8. The smallest absolute Gasteiger partial charge is 0.110 e. The second-order valence-corrected chi connectivity index (χ2v) is 4.96. The lowest BCUT2D eigenvalue weighted by Crippen LogP contribution is -2.01. The molecule has 1 unspecified atom stereocenters. The van der Waals surface area contributed by atoms with E-state index in [0.29, 0.717) is 0 Å². The molecule has 0 amide bonds. The molecule has 0 spiro atoms. The molecule has 1 N–H and O–H groups in total. The normalized spacial score (nSPS) is 12.8. The molecule has 3 aromatic heterocycles. The summed E-state index contributed by atoms with van der Waals surface area (Å²) in [7, 11) is 0. The Morgan fingerprint density at radius 1 is 0.952 bits per heavy atom. The summed E-state index contributed by atoms with van der Waals surface area (Å²) in [6.45, 7) is 0. The Hall–Kier alpha value is -2.72. The minimum absolute atomic E-state index is 0.747. The van der Waals surface area contributed by atoms with E-state index in [1.165, 1.54) is 0 Å². The third-order valence-electron chi connectivity index (χ3n) is 3.71. The number of rotatable bonds is 2. The van der Waals surface area contributed by atoms with E-state index in [1.54, 1.807) is 16.9 Å². The van der Waals surface area contributed by atoms with Gasteiger partial charge in [0.1, 0.15) is 6.10 Å². The molecule has 0 saturated carbocycles. The fourth-order valence-electron chi connectivity index (χ4n) is 2.68. The Balaban J connectivity index is 1.92. The fraction of sp³-hybridized carbons (Fsp3) is 0.0588. The summed E-state index contributed by atoms with van der Waals surface area (Å²) < 4.78 is 1.76. The topological polar surface area (TPSA) is 50.4 Å². The zero-order valence-electron chi connectivity index (χ0n) is 11.2. The molecule has 3 heterocycles. The van der Waals surface area contributed by atoms with Crippen LogP contribution in [0.3, 0.4) is 0 Å². The first-order chi connectivity index (χ1) is 10.3. The van der Waals surface area contributed by atoms with Gasteiger partial charge in [0.05, 0.1) is 17.2 Å². The van der Waals surface area contributed by atoms with E-state index in [9.17, 15) is 5.11 Å². The van der Waals surface area contributed by atoms with Crippen LogP contribution in [0.1, 0.15) is 17.2 Å². The molecular weight excluding hydrogens is 262 g/mol. The zero-order chi connectivity index (χ0) is 14.2. The van der Waals surface area contributed by atoms with Crippen LogP contribution >= 0.6 is 0 Å².